The molecule has 0 saturated heterocycles. The molecule has 0 spiro atoms. The number of nitrogens with zero attached hydrogens (tertiary/aromatic N) is 6. The Morgan fingerprint density at radius 3 is 2.84 bits per heavy atom. The molecule has 3 aromatic heterocycles. The number of hydrogen-bond donors (Lipinski definition) is 1. The number of aryl methyl sites for hydroxylation is 1. The molecule has 5 aromatic rings. The lowest BCUT2D eigenvalue weighted by Crippen LogP contribution is -2.12. The van der Waals surface area contributed by atoms with Gasteiger partial charge in [0.25, 0.3) is 5.91 Å². The SMILES string of the molecule is Cc1cc(NC(=O)c2cccc(OCc3cn4ccccc4n3)c2)ccc1-n1cnnn1. The van der Waals surface area contributed by atoms with Crippen LogP contribution in [0, 0.1) is 6.92 Å². The zero-order chi connectivity index (χ0) is 21.9. The van der Waals surface area contributed by atoms with Gasteiger partial charge in [0.05, 0.1) is 11.4 Å². The molecular weight excluding hydrogens is 406 g/mol. The van der Waals surface area contributed by atoms with E-state index in [1.54, 1.807) is 22.9 Å². The number of aromatic nitrogens is 6. The van der Waals surface area contributed by atoms with Gasteiger partial charge in [0, 0.05) is 23.6 Å². The number of benzene rings is 2. The van der Waals surface area contributed by atoms with Crippen LogP contribution in [0.15, 0.2) is 79.4 Å². The van der Waals surface area contributed by atoms with Crippen molar-refractivity contribution < 1.29 is 9.53 Å². The van der Waals surface area contributed by atoms with Gasteiger partial charge in [0.2, 0.25) is 0 Å². The summed E-state index contributed by atoms with van der Waals surface area (Å²) in [7, 11) is 0. The smallest absolute Gasteiger partial charge is 0.255 e. The summed E-state index contributed by atoms with van der Waals surface area (Å²) in [5.74, 6) is 0.373. The molecule has 5 rings (SSSR count). The van der Waals surface area contributed by atoms with Crippen molar-refractivity contribution in [2.24, 2.45) is 0 Å². The van der Waals surface area contributed by atoms with Crippen molar-refractivity contribution in [1.82, 2.24) is 29.6 Å². The van der Waals surface area contributed by atoms with E-state index in [1.807, 2.05) is 66.2 Å². The molecule has 0 saturated carbocycles. The van der Waals surface area contributed by atoms with E-state index in [0.29, 0.717) is 23.6 Å². The first kappa shape index (κ1) is 19.4. The van der Waals surface area contributed by atoms with Crippen molar-refractivity contribution in [2.45, 2.75) is 13.5 Å². The van der Waals surface area contributed by atoms with E-state index < -0.39 is 0 Å². The fraction of sp³-hybridized carbons (Fsp3) is 0.0870. The summed E-state index contributed by atoms with van der Waals surface area (Å²) in [5.41, 5.74) is 4.62. The van der Waals surface area contributed by atoms with Crippen LogP contribution >= 0.6 is 0 Å². The van der Waals surface area contributed by atoms with Crippen molar-refractivity contribution >= 4 is 17.2 Å². The highest BCUT2D eigenvalue weighted by atomic mass is 16.5. The number of anilines is 1. The molecule has 9 heteroatoms. The van der Waals surface area contributed by atoms with E-state index in [4.69, 9.17) is 4.74 Å². The Hall–Kier alpha value is -4.53. The fourth-order valence-electron chi connectivity index (χ4n) is 3.41. The van der Waals surface area contributed by atoms with Crippen LogP contribution in [-0.4, -0.2) is 35.5 Å². The van der Waals surface area contributed by atoms with Crippen LogP contribution in [0.4, 0.5) is 5.69 Å². The van der Waals surface area contributed by atoms with Crippen LogP contribution in [0.2, 0.25) is 0 Å². The normalized spacial score (nSPS) is 10.9. The topological polar surface area (TPSA) is 99.2 Å². The summed E-state index contributed by atoms with van der Waals surface area (Å²) in [6.07, 6.45) is 5.39. The lowest BCUT2D eigenvalue weighted by Gasteiger charge is -2.10. The average Bonchev–Trinajstić information content (AvgIpc) is 3.48. The van der Waals surface area contributed by atoms with Gasteiger partial charge in [-0.25, -0.2) is 9.67 Å². The molecule has 1 amide bonds. The van der Waals surface area contributed by atoms with Crippen LogP contribution in [-0.2, 0) is 6.61 Å². The molecule has 0 fully saturated rings. The summed E-state index contributed by atoms with van der Waals surface area (Å²) in [4.78, 5) is 17.3. The second-order valence-corrected chi connectivity index (χ2v) is 7.22. The number of rotatable bonds is 6. The third-order valence-electron chi connectivity index (χ3n) is 4.95. The van der Waals surface area contributed by atoms with Crippen LogP contribution < -0.4 is 10.1 Å². The Kier molecular flexibility index (Phi) is 5.04. The van der Waals surface area contributed by atoms with Gasteiger partial charge >= 0.3 is 0 Å². The van der Waals surface area contributed by atoms with Crippen molar-refractivity contribution in [3.05, 3.63) is 96.2 Å². The quantitative estimate of drug-likeness (QED) is 0.447. The van der Waals surface area contributed by atoms with E-state index in [1.165, 1.54) is 6.33 Å². The number of nitrogens with one attached hydrogen (secondary N) is 1. The molecule has 0 aliphatic rings. The first-order chi connectivity index (χ1) is 15.7. The second kappa shape index (κ2) is 8.31. The second-order valence-electron chi connectivity index (χ2n) is 7.22. The number of amides is 1. The molecule has 0 unspecified atom stereocenters. The van der Waals surface area contributed by atoms with Crippen LogP contribution in [0.1, 0.15) is 21.6 Å². The van der Waals surface area contributed by atoms with Crippen molar-refractivity contribution in [1.29, 1.82) is 0 Å². The first-order valence-corrected chi connectivity index (χ1v) is 9.96. The third-order valence-corrected chi connectivity index (χ3v) is 4.95. The maximum atomic E-state index is 12.8. The number of fused-ring (bicyclic) bond motifs is 1. The molecule has 158 valence electrons. The van der Waals surface area contributed by atoms with Crippen LogP contribution in [0.5, 0.6) is 5.75 Å². The molecule has 2 aromatic carbocycles. The fourth-order valence-corrected chi connectivity index (χ4v) is 3.41. The van der Waals surface area contributed by atoms with Gasteiger partial charge in [0.15, 0.2) is 0 Å². The maximum Gasteiger partial charge on any atom is 0.255 e. The van der Waals surface area contributed by atoms with E-state index in [9.17, 15) is 4.79 Å². The molecule has 0 aliphatic heterocycles. The number of hydrogen-bond acceptors (Lipinski definition) is 6. The number of tetrazole rings is 1. The minimum Gasteiger partial charge on any atom is -0.487 e. The molecule has 0 atom stereocenters. The van der Waals surface area contributed by atoms with E-state index in [-0.39, 0.29) is 5.91 Å². The van der Waals surface area contributed by atoms with E-state index >= 15 is 0 Å². The molecule has 0 radical (unpaired) electrons. The lowest BCUT2D eigenvalue weighted by molar-refractivity contribution is 0.102. The molecular formula is C23H19N7O2. The Morgan fingerprint density at radius 2 is 2.03 bits per heavy atom. The van der Waals surface area contributed by atoms with Gasteiger partial charge in [-0.15, -0.1) is 5.10 Å². The number of carbonyl (C=O) groups excluding carboxylic acids is 1. The largest absolute Gasteiger partial charge is 0.487 e. The van der Waals surface area contributed by atoms with Gasteiger partial charge in [0.1, 0.15) is 24.3 Å². The highest BCUT2D eigenvalue weighted by Crippen LogP contribution is 2.20. The molecule has 32 heavy (non-hydrogen) atoms. The molecule has 0 bridgehead atoms. The number of carbonyl (C=O) groups is 1. The van der Waals surface area contributed by atoms with Gasteiger partial charge < -0.3 is 14.5 Å². The highest BCUT2D eigenvalue weighted by Gasteiger charge is 2.10. The minimum absolute atomic E-state index is 0.224. The van der Waals surface area contributed by atoms with Crippen molar-refractivity contribution in [3.8, 4) is 11.4 Å². The summed E-state index contributed by atoms with van der Waals surface area (Å²) < 4.78 is 9.38. The summed E-state index contributed by atoms with van der Waals surface area (Å²) in [6, 6.07) is 18.4. The highest BCUT2D eigenvalue weighted by molar-refractivity contribution is 6.04. The third kappa shape index (κ3) is 4.04. The van der Waals surface area contributed by atoms with Gasteiger partial charge in [-0.3, -0.25) is 4.79 Å². The Labute approximate surface area is 183 Å². The van der Waals surface area contributed by atoms with E-state index in [0.717, 1.165) is 22.6 Å². The van der Waals surface area contributed by atoms with Crippen LogP contribution in [0.25, 0.3) is 11.3 Å². The summed E-state index contributed by atoms with van der Waals surface area (Å²) in [6.45, 7) is 2.24. The predicted molar refractivity (Wildman–Crippen MR) is 118 cm³/mol. The maximum absolute atomic E-state index is 12.8. The van der Waals surface area contributed by atoms with E-state index in [2.05, 4.69) is 25.8 Å². The lowest BCUT2D eigenvalue weighted by atomic mass is 10.1. The van der Waals surface area contributed by atoms with Crippen molar-refractivity contribution in [3.63, 3.8) is 0 Å². The molecule has 9 nitrogen and oxygen atoms in total. The van der Waals surface area contributed by atoms with Gasteiger partial charge in [-0.05, 0) is 71.4 Å². The first-order valence-electron chi connectivity index (χ1n) is 9.96. The standard InChI is InChI=1S/C23H19N7O2/c1-16-11-18(8-9-21(16)30-15-24-27-28-30)26-23(31)17-5-4-6-20(12-17)32-14-19-13-29-10-3-2-7-22(29)25-19/h2-13,15H,14H2,1H3,(H,26,31). The Morgan fingerprint density at radius 1 is 1.09 bits per heavy atom. The Bertz CT molecular complexity index is 1360. The average molecular weight is 425 g/mol. The number of pyridine rings is 1. The Balaban J connectivity index is 1.26. The molecule has 3 heterocycles. The minimum atomic E-state index is -0.224. The monoisotopic (exact) mass is 425 g/mol. The van der Waals surface area contributed by atoms with Gasteiger partial charge in [-0.2, -0.15) is 0 Å². The summed E-state index contributed by atoms with van der Waals surface area (Å²) >= 11 is 0. The van der Waals surface area contributed by atoms with Crippen LogP contribution in [0.3, 0.4) is 0 Å². The number of imidazole rings is 1. The zero-order valence-corrected chi connectivity index (χ0v) is 17.2. The number of ether oxygens (including phenoxy) is 1. The molecule has 0 aliphatic carbocycles. The molecule has 1 N–H and O–H groups in total. The summed E-state index contributed by atoms with van der Waals surface area (Å²) in [5, 5.41) is 14.1. The predicted octanol–water partition coefficient (Wildman–Crippen LogP) is 3.45. The van der Waals surface area contributed by atoms with Gasteiger partial charge in [-0.1, -0.05) is 12.1 Å². The van der Waals surface area contributed by atoms with Crippen molar-refractivity contribution in [2.75, 3.05) is 5.32 Å². The zero-order valence-electron chi connectivity index (χ0n) is 17.2.